The van der Waals surface area contributed by atoms with Crippen LogP contribution in [0.5, 0.6) is 0 Å². The van der Waals surface area contributed by atoms with Crippen LogP contribution >= 0.6 is 23.8 Å². The van der Waals surface area contributed by atoms with Gasteiger partial charge in [-0.05, 0) is 99.1 Å². The van der Waals surface area contributed by atoms with Crippen LogP contribution in [-0.4, -0.2) is 28.6 Å². The summed E-state index contributed by atoms with van der Waals surface area (Å²) in [7, 11) is 2.11. The number of hydrogen-bond donors (Lipinski definition) is 2. The summed E-state index contributed by atoms with van der Waals surface area (Å²) in [5.74, 6) is -0.0188. The van der Waals surface area contributed by atoms with E-state index in [1.54, 1.807) is 6.20 Å². The standard InChI is InChI=1S/C31H34ClN5OS/c1-7-27(38)34-24-12-11-20(14-18(24)2)37-29(28(35-30(37)39)25-10-8-9-13-33-25)22-15-21-19(3)17-31(4,5)36(6)26(21)16-23(22)32/h8-17,28-29H,7H2,1-6H3,(H,34,38)(H,35,39)/t28-,29-/m1/s1. The van der Waals surface area contributed by atoms with E-state index in [1.165, 1.54) is 5.57 Å². The van der Waals surface area contributed by atoms with Crippen LogP contribution in [-0.2, 0) is 4.79 Å². The van der Waals surface area contributed by atoms with Gasteiger partial charge in [0.2, 0.25) is 5.91 Å². The molecule has 1 fully saturated rings. The zero-order valence-electron chi connectivity index (χ0n) is 23.2. The van der Waals surface area contributed by atoms with Crippen LogP contribution < -0.4 is 20.4 Å². The van der Waals surface area contributed by atoms with Gasteiger partial charge in [-0.3, -0.25) is 9.78 Å². The van der Waals surface area contributed by atoms with Crippen molar-refractivity contribution in [3.8, 4) is 0 Å². The molecule has 3 aromatic rings. The van der Waals surface area contributed by atoms with Crippen molar-refractivity contribution in [3.05, 3.63) is 88.2 Å². The molecular formula is C31H34ClN5OS. The number of carbonyl (C=O) groups is 1. The largest absolute Gasteiger partial charge is 0.365 e. The topological polar surface area (TPSA) is 60.5 Å². The van der Waals surface area contributed by atoms with Gasteiger partial charge in [0.15, 0.2) is 5.11 Å². The Labute approximate surface area is 241 Å². The van der Waals surface area contributed by atoms with Crippen LogP contribution in [0, 0.1) is 6.92 Å². The van der Waals surface area contributed by atoms with Gasteiger partial charge < -0.3 is 20.4 Å². The van der Waals surface area contributed by atoms with E-state index in [0.29, 0.717) is 16.6 Å². The van der Waals surface area contributed by atoms with Gasteiger partial charge in [-0.2, -0.15) is 0 Å². The summed E-state index contributed by atoms with van der Waals surface area (Å²) in [5, 5.41) is 7.78. The molecule has 0 bridgehead atoms. The molecule has 1 aromatic heterocycles. The quantitative estimate of drug-likeness (QED) is 0.322. The highest BCUT2D eigenvalue weighted by Gasteiger charge is 2.42. The molecule has 1 saturated heterocycles. The smallest absolute Gasteiger partial charge is 0.224 e. The maximum Gasteiger partial charge on any atom is 0.224 e. The van der Waals surface area contributed by atoms with Crippen LogP contribution in [0.3, 0.4) is 0 Å². The van der Waals surface area contributed by atoms with E-state index in [0.717, 1.165) is 39.4 Å². The lowest BCUT2D eigenvalue weighted by Gasteiger charge is -2.41. The number of allylic oxidation sites excluding steroid dienone is 1. The molecule has 202 valence electrons. The number of thiocarbonyl (C=S) groups is 1. The first-order valence-electron chi connectivity index (χ1n) is 13.2. The van der Waals surface area contributed by atoms with Crippen LogP contribution in [0.25, 0.3) is 5.57 Å². The predicted molar refractivity (Wildman–Crippen MR) is 166 cm³/mol. The summed E-state index contributed by atoms with van der Waals surface area (Å²) in [5.41, 5.74) is 7.88. The number of pyridine rings is 1. The van der Waals surface area contributed by atoms with Gasteiger partial charge in [-0.15, -0.1) is 0 Å². The molecular weight excluding hydrogens is 526 g/mol. The molecule has 5 rings (SSSR count). The highest BCUT2D eigenvalue weighted by Crippen LogP contribution is 2.48. The number of anilines is 3. The van der Waals surface area contributed by atoms with Crippen LogP contribution in [0.4, 0.5) is 17.1 Å². The molecule has 0 saturated carbocycles. The Morgan fingerprint density at radius 3 is 2.62 bits per heavy atom. The van der Waals surface area contributed by atoms with Gasteiger partial charge in [0.1, 0.15) is 0 Å². The highest BCUT2D eigenvalue weighted by atomic mass is 35.5. The maximum atomic E-state index is 12.0. The molecule has 2 aliphatic rings. The van der Waals surface area contributed by atoms with Gasteiger partial charge in [-0.25, -0.2) is 0 Å². The molecule has 2 N–H and O–H groups in total. The molecule has 3 heterocycles. The van der Waals surface area contributed by atoms with E-state index in [-0.39, 0.29) is 23.5 Å². The summed E-state index contributed by atoms with van der Waals surface area (Å²) in [6.07, 6.45) is 4.52. The third-order valence-electron chi connectivity index (χ3n) is 7.84. The Morgan fingerprint density at radius 2 is 1.95 bits per heavy atom. The summed E-state index contributed by atoms with van der Waals surface area (Å²) < 4.78 is 0. The zero-order valence-corrected chi connectivity index (χ0v) is 24.7. The number of rotatable bonds is 5. The fraction of sp³-hybridized carbons (Fsp3) is 0.323. The first-order chi connectivity index (χ1) is 18.5. The first-order valence-corrected chi connectivity index (χ1v) is 14.0. The van der Waals surface area contributed by atoms with E-state index in [2.05, 4.69) is 77.5 Å². The average molecular weight is 560 g/mol. The minimum Gasteiger partial charge on any atom is -0.365 e. The fourth-order valence-corrected chi connectivity index (χ4v) is 6.16. The third kappa shape index (κ3) is 4.90. The van der Waals surface area contributed by atoms with E-state index < -0.39 is 0 Å². The molecule has 0 unspecified atom stereocenters. The van der Waals surface area contributed by atoms with E-state index >= 15 is 0 Å². The Kier molecular flexibility index (Phi) is 7.16. The summed E-state index contributed by atoms with van der Waals surface area (Å²) in [4.78, 5) is 21.1. The highest BCUT2D eigenvalue weighted by molar-refractivity contribution is 7.80. The summed E-state index contributed by atoms with van der Waals surface area (Å²) >= 11 is 13.1. The molecule has 0 aliphatic carbocycles. The number of nitrogens with zero attached hydrogens (tertiary/aromatic N) is 3. The Balaban J connectivity index is 1.65. The fourth-order valence-electron chi connectivity index (χ4n) is 5.54. The van der Waals surface area contributed by atoms with Crippen molar-refractivity contribution < 1.29 is 4.79 Å². The Bertz CT molecular complexity index is 1490. The van der Waals surface area contributed by atoms with E-state index in [9.17, 15) is 4.79 Å². The minimum atomic E-state index is -0.242. The van der Waals surface area contributed by atoms with Crippen LogP contribution in [0.2, 0.25) is 5.02 Å². The number of aryl methyl sites for hydroxylation is 1. The van der Waals surface area contributed by atoms with Crippen LogP contribution in [0.1, 0.15) is 68.6 Å². The maximum absolute atomic E-state index is 12.0. The summed E-state index contributed by atoms with van der Waals surface area (Å²) in [6, 6.07) is 15.7. The van der Waals surface area contributed by atoms with Gasteiger partial charge in [0.25, 0.3) is 0 Å². The van der Waals surface area contributed by atoms with E-state index in [1.807, 2.05) is 44.2 Å². The van der Waals surface area contributed by atoms with E-state index in [4.69, 9.17) is 23.8 Å². The molecule has 39 heavy (non-hydrogen) atoms. The minimum absolute atomic E-state index is 0.0188. The number of benzene rings is 2. The number of halogens is 1. The number of nitrogens with one attached hydrogen (secondary N) is 2. The van der Waals surface area contributed by atoms with Crippen molar-refractivity contribution in [2.75, 3.05) is 22.2 Å². The lowest BCUT2D eigenvalue weighted by Crippen LogP contribution is -2.42. The summed E-state index contributed by atoms with van der Waals surface area (Å²) in [6.45, 7) is 10.4. The monoisotopic (exact) mass is 559 g/mol. The second kappa shape index (κ2) is 10.3. The van der Waals surface area contributed by atoms with Crippen molar-refractivity contribution in [3.63, 3.8) is 0 Å². The SMILES string of the molecule is CCC(=O)Nc1ccc(N2C(=S)N[C@H](c3ccccn3)[C@H]2c2cc3c(cc2Cl)N(C)C(C)(C)C=C3C)cc1C. The second-order valence-corrected chi connectivity index (χ2v) is 11.6. The first kappa shape index (κ1) is 27.2. The number of aromatic nitrogens is 1. The van der Waals surface area contributed by atoms with Crippen molar-refractivity contribution in [2.45, 2.75) is 58.7 Å². The number of carbonyl (C=O) groups excluding carboxylic acids is 1. The Morgan fingerprint density at radius 1 is 1.18 bits per heavy atom. The second-order valence-electron chi connectivity index (χ2n) is 10.8. The number of hydrogen-bond acceptors (Lipinski definition) is 4. The Hall–Kier alpha value is -3.42. The van der Waals surface area contributed by atoms with Crippen LogP contribution in [0.15, 0.2) is 60.8 Å². The molecule has 2 aromatic carbocycles. The van der Waals surface area contributed by atoms with Gasteiger partial charge in [0, 0.05) is 47.3 Å². The average Bonchev–Trinajstić information content (AvgIpc) is 3.25. The molecule has 8 heteroatoms. The number of amides is 1. The van der Waals surface area contributed by atoms with Crippen molar-refractivity contribution >= 4 is 57.5 Å². The molecule has 0 spiro atoms. The normalized spacial score (nSPS) is 19.9. The van der Waals surface area contributed by atoms with Crippen molar-refractivity contribution in [1.29, 1.82) is 0 Å². The van der Waals surface area contributed by atoms with Crippen molar-refractivity contribution in [2.24, 2.45) is 0 Å². The van der Waals surface area contributed by atoms with Gasteiger partial charge >= 0.3 is 0 Å². The number of fused-ring (bicyclic) bond motifs is 1. The molecule has 2 atom stereocenters. The number of likely N-dealkylation sites (N-methyl/N-ethyl adjacent to an activating group) is 1. The van der Waals surface area contributed by atoms with Gasteiger partial charge in [0.05, 0.1) is 23.3 Å². The molecule has 0 radical (unpaired) electrons. The third-order valence-corrected chi connectivity index (χ3v) is 8.48. The van der Waals surface area contributed by atoms with Gasteiger partial charge in [-0.1, -0.05) is 30.7 Å². The zero-order chi connectivity index (χ0) is 28.1. The van der Waals surface area contributed by atoms with Crippen molar-refractivity contribution in [1.82, 2.24) is 10.3 Å². The lowest BCUT2D eigenvalue weighted by atomic mass is 9.86. The molecule has 2 aliphatic heterocycles. The molecule has 6 nitrogen and oxygen atoms in total. The predicted octanol–water partition coefficient (Wildman–Crippen LogP) is 7.20. The molecule has 1 amide bonds. The lowest BCUT2D eigenvalue weighted by molar-refractivity contribution is -0.115.